The number of aryl methyl sites for hydroxylation is 1. The standard InChI is InChI=1S/C16H23FN4O3S.Ar.H2/c1-20(2)8-3-9-21-14-5-4-12(10-13(14)18-15(21)22)25(23,24)19-16(11-17)6-7-16;;/h4-5,10,19H,3,6-9,11H2,1-2H3,(H,18,22);;1H. The Morgan fingerprint density at radius 3 is 2.65 bits per heavy atom. The molecule has 0 aliphatic heterocycles. The van der Waals surface area contributed by atoms with Crippen LogP contribution in [-0.4, -0.2) is 55.7 Å². The molecule has 0 saturated heterocycles. The van der Waals surface area contributed by atoms with Crippen molar-refractivity contribution in [2.75, 3.05) is 27.3 Å². The van der Waals surface area contributed by atoms with Crippen molar-refractivity contribution in [1.29, 1.82) is 0 Å². The second-order valence-electron chi connectivity index (χ2n) is 6.94. The molecule has 1 saturated carbocycles. The van der Waals surface area contributed by atoms with Crippen LogP contribution in [-0.2, 0) is 16.6 Å². The number of alkyl halides is 1. The quantitative estimate of drug-likeness (QED) is 0.685. The predicted molar refractivity (Wildman–Crippen MR) is 96.1 cm³/mol. The number of hydrogen-bond donors (Lipinski definition) is 2. The number of aromatic nitrogens is 2. The first-order valence-electron chi connectivity index (χ1n) is 8.24. The summed E-state index contributed by atoms with van der Waals surface area (Å²) >= 11 is 0. The Morgan fingerprint density at radius 1 is 1.38 bits per heavy atom. The predicted octanol–water partition coefficient (Wildman–Crippen LogP) is 1.31. The number of sulfonamides is 1. The van der Waals surface area contributed by atoms with Crippen LogP contribution in [0.15, 0.2) is 27.9 Å². The summed E-state index contributed by atoms with van der Waals surface area (Å²) in [5.41, 5.74) is -0.0879. The molecule has 10 heteroatoms. The van der Waals surface area contributed by atoms with Gasteiger partial charge in [0.15, 0.2) is 0 Å². The first kappa shape index (κ1) is 21.8. The summed E-state index contributed by atoms with van der Waals surface area (Å²) in [5, 5.41) is 0. The summed E-state index contributed by atoms with van der Waals surface area (Å²) in [6.07, 6.45) is 1.81. The number of benzene rings is 1. The maximum Gasteiger partial charge on any atom is 0.326 e. The minimum absolute atomic E-state index is 0. The molecule has 1 fully saturated rings. The van der Waals surface area contributed by atoms with Crippen LogP contribution in [0.1, 0.15) is 20.7 Å². The molecule has 1 aromatic carbocycles. The fourth-order valence-electron chi connectivity index (χ4n) is 2.83. The van der Waals surface area contributed by atoms with Crippen LogP contribution in [0.2, 0.25) is 0 Å². The van der Waals surface area contributed by atoms with E-state index in [4.69, 9.17) is 0 Å². The van der Waals surface area contributed by atoms with Crippen LogP contribution in [0.3, 0.4) is 0 Å². The van der Waals surface area contributed by atoms with Crippen molar-refractivity contribution < 1.29 is 52.0 Å². The first-order chi connectivity index (χ1) is 11.8. The van der Waals surface area contributed by atoms with Crippen molar-refractivity contribution in [3.63, 3.8) is 0 Å². The van der Waals surface area contributed by atoms with E-state index >= 15 is 0 Å². The number of H-pyrrole nitrogens is 1. The maximum atomic E-state index is 13.0. The number of imidazole rings is 1. The van der Waals surface area contributed by atoms with Crippen molar-refractivity contribution in [2.24, 2.45) is 0 Å². The molecule has 0 radical (unpaired) electrons. The third-order valence-electron chi connectivity index (χ3n) is 4.50. The van der Waals surface area contributed by atoms with Gasteiger partial charge >= 0.3 is 5.69 Å². The first-order valence-corrected chi connectivity index (χ1v) is 9.72. The number of hydrogen-bond acceptors (Lipinski definition) is 4. The molecule has 1 heterocycles. The van der Waals surface area contributed by atoms with E-state index < -0.39 is 22.2 Å². The van der Waals surface area contributed by atoms with Gasteiger partial charge in [0.2, 0.25) is 10.0 Å². The van der Waals surface area contributed by atoms with Crippen molar-refractivity contribution >= 4 is 21.1 Å². The van der Waals surface area contributed by atoms with E-state index in [1.54, 1.807) is 10.6 Å². The third-order valence-corrected chi connectivity index (χ3v) is 6.08. The van der Waals surface area contributed by atoms with Gasteiger partial charge in [-0.05, 0) is 58.1 Å². The number of nitrogens with one attached hydrogen (secondary N) is 2. The van der Waals surface area contributed by atoms with Gasteiger partial charge in [-0.1, -0.05) is 0 Å². The van der Waals surface area contributed by atoms with Crippen LogP contribution in [0.5, 0.6) is 0 Å². The second-order valence-corrected chi connectivity index (χ2v) is 8.62. The number of fused-ring (bicyclic) bond motifs is 1. The van der Waals surface area contributed by atoms with Gasteiger partial charge in [-0.3, -0.25) is 4.57 Å². The van der Waals surface area contributed by atoms with E-state index in [1.165, 1.54) is 12.1 Å². The minimum Gasteiger partial charge on any atom is -0.309 e. The van der Waals surface area contributed by atoms with Crippen LogP contribution in [0.4, 0.5) is 4.39 Å². The Balaban J connectivity index is 0.00000182. The maximum absolute atomic E-state index is 13.0. The van der Waals surface area contributed by atoms with E-state index in [-0.39, 0.29) is 49.8 Å². The van der Waals surface area contributed by atoms with Gasteiger partial charge in [0, 0.05) is 45.7 Å². The van der Waals surface area contributed by atoms with Crippen LogP contribution in [0.25, 0.3) is 11.0 Å². The Morgan fingerprint density at radius 2 is 2.08 bits per heavy atom. The molecule has 1 aromatic heterocycles. The number of halogens is 1. The molecule has 2 aromatic rings. The molecular formula is C16H25ArFN4O3S. The molecule has 0 atom stereocenters. The van der Waals surface area contributed by atoms with Crippen molar-refractivity contribution in [2.45, 2.75) is 36.2 Å². The molecule has 148 valence electrons. The molecular weight excluding hydrogens is 387 g/mol. The number of aromatic amines is 1. The average Bonchev–Trinajstić information content (AvgIpc) is 3.23. The van der Waals surface area contributed by atoms with Crippen molar-refractivity contribution in [1.82, 2.24) is 19.2 Å². The monoisotopic (exact) mass is 412 g/mol. The topological polar surface area (TPSA) is 87.2 Å². The summed E-state index contributed by atoms with van der Waals surface area (Å²) < 4.78 is 41.9. The summed E-state index contributed by atoms with van der Waals surface area (Å²) in [6.45, 7) is 0.681. The smallest absolute Gasteiger partial charge is 0.309 e. The van der Waals surface area contributed by atoms with E-state index in [1.807, 2.05) is 19.0 Å². The molecule has 3 rings (SSSR count). The van der Waals surface area contributed by atoms with Gasteiger partial charge in [-0.25, -0.2) is 22.3 Å². The molecule has 7 nitrogen and oxygen atoms in total. The zero-order valence-electron chi connectivity index (χ0n) is 14.7. The van der Waals surface area contributed by atoms with Crippen LogP contribution >= 0.6 is 0 Å². The van der Waals surface area contributed by atoms with Gasteiger partial charge in [0.1, 0.15) is 6.67 Å². The summed E-state index contributed by atoms with van der Waals surface area (Å²) in [5.74, 6) is 0. The summed E-state index contributed by atoms with van der Waals surface area (Å²) in [7, 11) is 0.110. The minimum atomic E-state index is -3.82. The molecule has 26 heavy (non-hydrogen) atoms. The second kappa shape index (κ2) is 8.28. The zero-order valence-corrected chi connectivity index (χ0v) is 16.3. The van der Waals surface area contributed by atoms with Crippen molar-refractivity contribution in [3.8, 4) is 0 Å². The Hall–Kier alpha value is -0.450. The molecule has 0 spiro atoms. The number of rotatable bonds is 8. The molecule has 1 aliphatic carbocycles. The third kappa shape index (κ3) is 4.69. The summed E-state index contributed by atoms with van der Waals surface area (Å²) in [4.78, 5) is 16.9. The fourth-order valence-corrected chi connectivity index (χ4v) is 4.30. The fraction of sp³-hybridized carbons (Fsp3) is 0.562. The van der Waals surface area contributed by atoms with E-state index in [0.29, 0.717) is 30.4 Å². The largest absolute Gasteiger partial charge is 0.326 e. The van der Waals surface area contributed by atoms with E-state index in [2.05, 4.69) is 9.71 Å². The van der Waals surface area contributed by atoms with Gasteiger partial charge < -0.3 is 9.88 Å². The van der Waals surface area contributed by atoms with Gasteiger partial charge in [0.25, 0.3) is 0 Å². The van der Waals surface area contributed by atoms with Crippen molar-refractivity contribution in [3.05, 3.63) is 28.7 Å². The summed E-state index contributed by atoms with van der Waals surface area (Å²) in [6, 6.07) is 4.50. The molecule has 2 N–H and O–H groups in total. The van der Waals surface area contributed by atoms with E-state index in [0.717, 1.165) is 13.0 Å². The van der Waals surface area contributed by atoms with Gasteiger partial charge in [-0.15, -0.1) is 0 Å². The molecule has 0 amide bonds. The average molecular weight is 412 g/mol. The van der Waals surface area contributed by atoms with Crippen LogP contribution < -0.4 is 10.4 Å². The Bertz CT molecular complexity index is 941. The normalized spacial score (nSPS) is 16.0. The molecule has 1 aliphatic rings. The zero-order chi connectivity index (χ0) is 18.2. The number of nitrogens with zero attached hydrogens (tertiary/aromatic N) is 2. The molecule has 0 unspecified atom stereocenters. The molecule has 0 bridgehead atoms. The van der Waals surface area contributed by atoms with Gasteiger partial charge in [0.05, 0.1) is 21.5 Å². The van der Waals surface area contributed by atoms with E-state index in [9.17, 15) is 17.6 Å². The Labute approximate surface area is 183 Å². The Kier molecular flexibility index (Phi) is 6.96. The van der Waals surface area contributed by atoms with Gasteiger partial charge in [-0.2, -0.15) is 0 Å². The van der Waals surface area contributed by atoms with Crippen LogP contribution in [0, 0.1) is 37.7 Å². The SMILES string of the molecule is CN(C)CCCn1c(=O)[nH]c2cc(S(=O)(=O)NC3(CF)CC3)ccc21.[Ar].[HH].